The molecule has 3 atom stereocenters. The van der Waals surface area contributed by atoms with Crippen LogP contribution in [0.5, 0.6) is 0 Å². The summed E-state index contributed by atoms with van der Waals surface area (Å²) in [7, 11) is 0. The molecule has 0 aromatic rings. The van der Waals surface area contributed by atoms with Crippen molar-refractivity contribution in [2.24, 2.45) is 11.7 Å². The third-order valence-electron chi connectivity index (χ3n) is 2.77. The predicted molar refractivity (Wildman–Crippen MR) is 64.0 cm³/mol. The minimum absolute atomic E-state index is 0.0655. The summed E-state index contributed by atoms with van der Waals surface area (Å²) in [5.41, 5.74) is 5.91. The Labute approximate surface area is 98.1 Å². The lowest BCUT2D eigenvalue weighted by atomic mass is 10.0. The van der Waals surface area contributed by atoms with Gasteiger partial charge in [-0.2, -0.15) is 0 Å². The Morgan fingerprint density at radius 2 is 1.88 bits per heavy atom. The molecule has 1 rings (SSSR count). The van der Waals surface area contributed by atoms with E-state index in [2.05, 4.69) is 13.8 Å². The van der Waals surface area contributed by atoms with Crippen LogP contribution in [0.3, 0.4) is 0 Å². The first-order chi connectivity index (χ1) is 7.40. The van der Waals surface area contributed by atoms with Gasteiger partial charge in [0.05, 0.1) is 18.2 Å². The number of nitrogens with two attached hydrogens (primary N) is 1. The average Bonchev–Trinajstić information content (AvgIpc) is 2.13. The Bertz CT molecular complexity index is 233. The third-order valence-corrected chi connectivity index (χ3v) is 2.77. The summed E-state index contributed by atoms with van der Waals surface area (Å²) in [5, 5.41) is 0. The normalized spacial score (nSPS) is 28.2. The van der Waals surface area contributed by atoms with Crippen molar-refractivity contribution in [3.63, 3.8) is 0 Å². The van der Waals surface area contributed by atoms with E-state index in [4.69, 9.17) is 10.5 Å². The molecule has 4 heteroatoms. The molecule has 1 saturated heterocycles. The second kappa shape index (κ2) is 5.64. The van der Waals surface area contributed by atoms with E-state index in [1.165, 1.54) is 0 Å². The number of rotatable bonds is 3. The highest BCUT2D eigenvalue weighted by Crippen LogP contribution is 2.13. The summed E-state index contributed by atoms with van der Waals surface area (Å²) < 4.78 is 5.59. The molecule has 4 nitrogen and oxygen atoms in total. The summed E-state index contributed by atoms with van der Waals surface area (Å²) in [6, 6.07) is -0.363. The monoisotopic (exact) mass is 228 g/mol. The zero-order valence-corrected chi connectivity index (χ0v) is 10.8. The standard InChI is InChI=1S/C12H24N2O2/c1-8(2)5-11(13)12(15)14-6-9(3)16-10(4)7-14/h8-11H,5-7,13H2,1-4H3/t9-,10+,11?. The first-order valence-electron chi connectivity index (χ1n) is 6.10. The fourth-order valence-electron chi connectivity index (χ4n) is 2.20. The molecule has 0 spiro atoms. The number of ether oxygens (including phenoxy) is 1. The van der Waals surface area contributed by atoms with E-state index in [1.54, 1.807) is 0 Å². The number of amides is 1. The molecule has 1 aliphatic heterocycles. The Morgan fingerprint density at radius 1 is 1.38 bits per heavy atom. The molecule has 0 aromatic carbocycles. The number of nitrogens with zero attached hydrogens (tertiary/aromatic N) is 1. The van der Waals surface area contributed by atoms with Crippen LogP contribution in [0.4, 0.5) is 0 Å². The predicted octanol–water partition coefficient (Wildman–Crippen LogP) is 0.996. The van der Waals surface area contributed by atoms with Gasteiger partial charge in [0.2, 0.25) is 5.91 Å². The van der Waals surface area contributed by atoms with Crippen molar-refractivity contribution in [1.29, 1.82) is 0 Å². The molecular formula is C12H24N2O2. The molecule has 0 radical (unpaired) electrons. The molecule has 0 aliphatic carbocycles. The largest absolute Gasteiger partial charge is 0.372 e. The second-order valence-electron chi connectivity index (χ2n) is 5.24. The zero-order valence-electron chi connectivity index (χ0n) is 10.8. The average molecular weight is 228 g/mol. The molecule has 1 fully saturated rings. The highest BCUT2D eigenvalue weighted by atomic mass is 16.5. The molecule has 1 amide bonds. The Hall–Kier alpha value is -0.610. The van der Waals surface area contributed by atoms with Crippen LogP contribution in [-0.2, 0) is 9.53 Å². The summed E-state index contributed by atoms with van der Waals surface area (Å²) in [4.78, 5) is 13.9. The van der Waals surface area contributed by atoms with E-state index < -0.39 is 0 Å². The number of hydrogen-bond donors (Lipinski definition) is 1. The molecule has 2 N–H and O–H groups in total. The van der Waals surface area contributed by atoms with Gasteiger partial charge in [-0.25, -0.2) is 0 Å². The lowest BCUT2D eigenvalue weighted by Gasteiger charge is -2.36. The maximum absolute atomic E-state index is 12.1. The van der Waals surface area contributed by atoms with E-state index in [1.807, 2.05) is 18.7 Å². The fraction of sp³-hybridized carbons (Fsp3) is 0.917. The van der Waals surface area contributed by atoms with Crippen LogP contribution < -0.4 is 5.73 Å². The van der Waals surface area contributed by atoms with Gasteiger partial charge in [-0.1, -0.05) is 13.8 Å². The fourth-order valence-corrected chi connectivity index (χ4v) is 2.20. The topological polar surface area (TPSA) is 55.6 Å². The molecule has 1 unspecified atom stereocenters. The molecule has 94 valence electrons. The quantitative estimate of drug-likeness (QED) is 0.784. The van der Waals surface area contributed by atoms with Gasteiger partial charge in [0.15, 0.2) is 0 Å². The smallest absolute Gasteiger partial charge is 0.239 e. The van der Waals surface area contributed by atoms with Crippen LogP contribution in [-0.4, -0.2) is 42.1 Å². The van der Waals surface area contributed by atoms with Crippen molar-refractivity contribution in [1.82, 2.24) is 4.90 Å². The van der Waals surface area contributed by atoms with Crippen LogP contribution in [0.2, 0.25) is 0 Å². The summed E-state index contributed by atoms with van der Waals surface area (Å²) in [6.07, 6.45) is 0.969. The van der Waals surface area contributed by atoms with Crippen LogP contribution in [0.25, 0.3) is 0 Å². The van der Waals surface area contributed by atoms with E-state index in [0.29, 0.717) is 19.0 Å². The molecule has 16 heavy (non-hydrogen) atoms. The molecule has 1 aliphatic rings. The first kappa shape index (κ1) is 13.5. The van der Waals surface area contributed by atoms with Crippen LogP contribution >= 0.6 is 0 Å². The second-order valence-corrected chi connectivity index (χ2v) is 5.24. The third kappa shape index (κ3) is 3.76. The van der Waals surface area contributed by atoms with Gasteiger partial charge in [-0.05, 0) is 26.2 Å². The molecule has 0 aromatic heterocycles. The van der Waals surface area contributed by atoms with Crippen molar-refractivity contribution >= 4 is 5.91 Å². The number of hydrogen-bond acceptors (Lipinski definition) is 3. The van der Waals surface area contributed by atoms with E-state index in [9.17, 15) is 4.79 Å². The Balaban J connectivity index is 2.52. The van der Waals surface area contributed by atoms with Gasteiger partial charge in [0, 0.05) is 13.1 Å². The van der Waals surface area contributed by atoms with Gasteiger partial charge < -0.3 is 15.4 Å². The lowest BCUT2D eigenvalue weighted by molar-refractivity contribution is -0.144. The van der Waals surface area contributed by atoms with Crippen LogP contribution in [0.15, 0.2) is 0 Å². The highest BCUT2D eigenvalue weighted by Gasteiger charge is 2.28. The van der Waals surface area contributed by atoms with Gasteiger partial charge in [-0.3, -0.25) is 4.79 Å². The van der Waals surface area contributed by atoms with Crippen molar-refractivity contribution in [3.05, 3.63) is 0 Å². The highest BCUT2D eigenvalue weighted by molar-refractivity contribution is 5.81. The summed E-state index contributed by atoms with van der Waals surface area (Å²) in [6.45, 7) is 9.47. The number of morpholine rings is 1. The first-order valence-corrected chi connectivity index (χ1v) is 6.10. The van der Waals surface area contributed by atoms with E-state index in [0.717, 1.165) is 6.42 Å². The van der Waals surface area contributed by atoms with Crippen molar-refractivity contribution in [2.45, 2.75) is 52.4 Å². The summed E-state index contributed by atoms with van der Waals surface area (Å²) in [5.74, 6) is 0.519. The summed E-state index contributed by atoms with van der Waals surface area (Å²) >= 11 is 0. The maximum Gasteiger partial charge on any atom is 0.239 e. The van der Waals surface area contributed by atoms with Gasteiger partial charge in [0.25, 0.3) is 0 Å². The van der Waals surface area contributed by atoms with Gasteiger partial charge in [0.1, 0.15) is 0 Å². The van der Waals surface area contributed by atoms with Crippen LogP contribution in [0.1, 0.15) is 34.1 Å². The number of carbonyl (C=O) groups excluding carboxylic acids is 1. The molecular weight excluding hydrogens is 204 g/mol. The zero-order chi connectivity index (χ0) is 12.3. The van der Waals surface area contributed by atoms with Crippen molar-refractivity contribution in [3.8, 4) is 0 Å². The number of carbonyl (C=O) groups is 1. The maximum atomic E-state index is 12.1. The van der Waals surface area contributed by atoms with E-state index >= 15 is 0 Å². The lowest BCUT2D eigenvalue weighted by Crippen LogP contribution is -2.53. The molecule has 1 heterocycles. The van der Waals surface area contributed by atoms with Crippen molar-refractivity contribution in [2.75, 3.05) is 13.1 Å². The minimum atomic E-state index is -0.363. The Morgan fingerprint density at radius 3 is 2.31 bits per heavy atom. The SMILES string of the molecule is CC(C)CC(N)C(=O)N1C[C@@H](C)O[C@@H](C)C1. The van der Waals surface area contributed by atoms with Crippen molar-refractivity contribution < 1.29 is 9.53 Å². The Kier molecular flexibility index (Phi) is 4.74. The van der Waals surface area contributed by atoms with Gasteiger partial charge in [-0.15, -0.1) is 0 Å². The molecule has 0 saturated carbocycles. The van der Waals surface area contributed by atoms with E-state index in [-0.39, 0.29) is 24.2 Å². The molecule has 0 bridgehead atoms. The van der Waals surface area contributed by atoms with Gasteiger partial charge >= 0.3 is 0 Å². The van der Waals surface area contributed by atoms with Crippen LogP contribution in [0, 0.1) is 5.92 Å². The minimum Gasteiger partial charge on any atom is -0.372 e.